The van der Waals surface area contributed by atoms with E-state index in [4.69, 9.17) is 0 Å². The smallest absolute Gasteiger partial charge is 0.206 e. The van der Waals surface area contributed by atoms with Gasteiger partial charge >= 0.3 is 12.1 Å². The Hall–Kier alpha value is -1.20. The lowest BCUT2D eigenvalue weighted by Gasteiger charge is -2.20. The molecule has 0 aliphatic carbocycles. The fourth-order valence-corrected chi connectivity index (χ4v) is 1.03. The van der Waals surface area contributed by atoms with Gasteiger partial charge in [-0.15, -0.1) is 0 Å². The van der Waals surface area contributed by atoms with Crippen LogP contribution >= 0.6 is 0 Å². The summed E-state index contributed by atoms with van der Waals surface area (Å²) in [6.07, 6.45) is -5.79. The van der Waals surface area contributed by atoms with Gasteiger partial charge in [-0.05, 0) is 19.1 Å². The van der Waals surface area contributed by atoms with Gasteiger partial charge in [-0.1, -0.05) is 11.6 Å². The number of rotatable bonds is 1. The number of alkyl halides is 5. The Morgan fingerprint density at radius 2 is 1.53 bits per heavy atom. The summed E-state index contributed by atoms with van der Waals surface area (Å²) >= 11 is 0. The molecule has 0 amide bonds. The molecule has 15 heavy (non-hydrogen) atoms. The summed E-state index contributed by atoms with van der Waals surface area (Å²) in [6.45, 7) is 1.30. The summed E-state index contributed by atoms with van der Waals surface area (Å²) in [7, 11) is 0. The van der Waals surface area contributed by atoms with Crippen molar-refractivity contribution in [2.24, 2.45) is 0 Å². The van der Waals surface area contributed by atoms with E-state index < -0.39 is 23.5 Å². The van der Waals surface area contributed by atoms with Gasteiger partial charge in [0.25, 0.3) is 0 Å². The Bertz CT molecular complexity index is 365. The van der Waals surface area contributed by atoms with Crippen molar-refractivity contribution in [3.63, 3.8) is 0 Å². The van der Waals surface area contributed by atoms with E-state index >= 15 is 0 Å². The van der Waals surface area contributed by atoms with Gasteiger partial charge in [0.15, 0.2) is 0 Å². The van der Waals surface area contributed by atoms with Crippen LogP contribution in [-0.4, -0.2) is 6.18 Å². The molecular weight excluding hydrogens is 222 g/mol. The minimum absolute atomic E-state index is 0.135. The summed E-state index contributed by atoms with van der Waals surface area (Å²) in [6, 6.07) is 2.19. The second kappa shape index (κ2) is 3.43. The van der Waals surface area contributed by atoms with E-state index in [-0.39, 0.29) is 5.56 Å². The molecule has 0 saturated carbocycles. The summed E-state index contributed by atoms with van der Waals surface area (Å²) < 4.78 is 74.0. The number of hydrogen-bond acceptors (Lipinski definition) is 0. The van der Waals surface area contributed by atoms with Crippen molar-refractivity contribution in [1.82, 2.24) is 0 Å². The molecule has 1 aromatic rings. The van der Waals surface area contributed by atoms with Crippen LogP contribution in [-0.2, 0) is 5.92 Å². The molecule has 0 aliphatic heterocycles. The molecule has 0 nitrogen and oxygen atoms in total. The van der Waals surface area contributed by atoms with E-state index in [1.165, 1.54) is 6.92 Å². The standard InChI is InChI=1S/C9H6F6/c1-5-2-3-7(10)6(4-5)8(11,12)9(13,14)15/h2-4H,1H3. The van der Waals surface area contributed by atoms with Crippen LogP contribution in [0.2, 0.25) is 0 Å². The number of hydrogen-bond donors (Lipinski definition) is 0. The number of aryl methyl sites for hydroxylation is 1. The molecule has 0 N–H and O–H groups in total. The lowest BCUT2D eigenvalue weighted by atomic mass is 10.0. The zero-order chi connectivity index (χ0) is 11.9. The van der Waals surface area contributed by atoms with Crippen LogP contribution in [0.4, 0.5) is 26.3 Å². The van der Waals surface area contributed by atoms with Crippen LogP contribution < -0.4 is 0 Å². The first kappa shape index (κ1) is 11.9. The second-order valence-electron chi connectivity index (χ2n) is 3.06. The van der Waals surface area contributed by atoms with Crippen molar-refractivity contribution in [3.8, 4) is 0 Å². The molecule has 0 aliphatic rings. The van der Waals surface area contributed by atoms with Crippen LogP contribution in [0.15, 0.2) is 18.2 Å². The minimum atomic E-state index is -5.79. The Balaban J connectivity index is 3.32. The Morgan fingerprint density at radius 1 is 1.00 bits per heavy atom. The van der Waals surface area contributed by atoms with Gasteiger partial charge in [0, 0.05) is 0 Å². The molecule has 0 atom stereocenters. The molecule has 6 heteroatoms. The molecular formula is C9H6F6. The number of benzene rings is 1. The summed E-state index contributed by atoms with van der Waals surface area (Å²) in [5.41, 5.74) is -1.51. The summed E-state index contributed by atoms with van der Waals surface area (Å²) in [5, 5.41) is 0. The van der Waals surface area contributed by atoms with Crippen molar-refractivity contribution in [2.45, 2.75) is 19.0 Å². The molecule has 0 heterocycles. The van der Waals surface area contributed by atoms with Gasteiger partial charge in [-0.3, -0.25) is 0 Å². The highest BCUT2D eigenvalue weighted by Gasteiger charge is 2.59. The molecule has 0 bridgehead atoms. The monoisotopic (exact) mass is 228 g/mol. The maximum Gasteiger partial charge on any atom is 0.458 e. The first-order valence-corrected chi connectivity index (χ1v) is 3.87. The van der Waals surface area contributed by atoms with E-state index in [0.717, 1.165) is 6.07 Å². The fraction of sp³-hybridized carbons (Fsp3) is 0.333. The molecule has 0 spiro atoms. The zero-order valence-electron chi connectivity index (χ0n) is 7.50. The van der Waals surface area contributed by atoms with Crippen molar-refractivity contribution in [1.29, 1.82) is 0 Å². The van der Waals surface area contributed by atoms with Gasteiger partial charge < -0.3 is 0 Å². The average Bonchev–Trinajstić information content (AvgIpc) is 2.07. The molecule has 0 fully saturated rings. The first-order chi connectivity index (χ1) is 6.66. The van der Waals surface area contributed by atoms with Gasteiger partial charge in [0.05, 0.1) is 5.56 Å². The minimum Gasteiger partial charge on any atom is -0.206 e. The normalized spacial score (nSPS) is 13.0. The average molecular weight is 228 g/mol. The highest BCUT2D eigenvalue weighted by Crippen LogP contribution is 2.44. The third kappa shape index (κ3) is 2.08. The third-order valence-electron chi connectivity index (χ3n) is 1.82. The van der Waals surface area contributed by atoms with Crippen molar-refractivity contribution in [3.05, 3.63) is 35.1 Å². The molecule has 84 valence electrons. The fourth-order valence-electron chi connectivity index (χ4n) is 1.03. The van der Waals surface area contributed by atoms with Crippen LogP contribution in [0.25, 0.3) is 0 Å². The second-order valence-corrected chi connectivity index (χ2v) is 3.06. The maximum atomic E-state index is 12.8. The van der Waals surface area contributed by atoms with Crippen LogP contribution in [0.3, 0.4) is 0 Å². The van der Waals surface area contributed by atoms with E-state index in [1.54, 1.807) is 0 Å². The molecule has 0 radical (unpaired) electrons. The lowest BCUT2D eigenvalue weighted by molar-refractivity contribution is -0.290. The SMILES string of the molecule is Cc1ccc(F)c(C(F)(F)C(F)(F)F)c1. The van der Waals surface area contributed by atoms with Gasteiger partial charge in [-0.2, -0.15) is 22.0 Å². The highest BCUT2D eigenvalue weighted by molar-refractivity contribution is 5.28. The first-order valence-electron chi connectivity index (χ1n) is 3.87. The topological polar surface area (TPSA) is 0 Å². The Kier molecular flexibility index (Phi) is 2.71. The van der Waals surface area contributed by atoms with E-state index in [0.29, 0.717) is 12.1 Å². The van der Waals surface area contributed by atoms with Crippen LogP contribution in [0.5, 0.6) is 0 Å². The molecule has 1 aromatic carbocycles. The molecule has 1 rings (SSSR count). The van der Waals surface area contributed by atoms with E-state index in [9.17, 15) is 26.3 Å². The van der Waals surface area contributed by atoms with Gasteiger partial charge in [0.2, 0.25) is 0 Å². The highest BCUT2D eigenvalue weighted by atomic mass is 19.4. The van der Waals surface area contributed by atoms with Crippen LogP contribution in [0.1, 0.15) is 11.1 Å². The van der Waals surface area contributed by atoms with Crippen LogP contribution in [0, 0.1) is 12.7 Å². The van der Waals surface area contributed by atoms with Gasteiger partial charge in [0.1, 0.15) is 5.82 Å². The van der Waals surface area contributed by atoms with E-state index in [2.05, 4.69) is 0 Å². The number of halogens is 6. The predicted octanol–water partition coefficient (Wildman–Crippen LogP) is 3.79. The van der Waals surface area contributed by atoms with Crippen molar-refractivity contribution >= 4 is 0 Å². The van der Waals surface area contributed by atoms with E-state index in [1.807, 2.05) is 0 Å². The molecule has 0 aromatic heterocycles. The quantitative estimate of drug-likeness (QED) is 0.641. The van der Waals surface area contributed by atoms with Gasteiger partial charge in [-0.25, -0.2) is 4.39 Å². The maximum absolute atomic E-state index is 12.8. The molecule has 0 unspecified atom stereocenters. The third-order valence-corrected chi connectivity index (χ3v) is 1.82. The van der Waals surface area contributed by atoms with Crippen molar-refractivity contribution in [2.75, 3.05) is 0 Å². The Labute approximate surface area is 81.5 Å². The lowest BCUT2D eigenvalue weighted by Crippen LogP contribution is -2.34. The molecule has 0 saturated heterocycles. The largest absolute Gasteiger partial charge is 0.458 e. The van der Waals surface area contributed by atoms with Crippen molar-refractivity contribution < 1.29 is 26.3 Å². The zero-order valence-corrected chi connectivity index (χ0v) is 7.50. The Morgan fingerprint density at radius 3 is 2.00 bits per heavy atom. The predicted molar refractivity (Wildman–Crippen MR) is 41.1 cm³/mol. The summed E-state index contributed by atoms with van der Waals surface area (Å²) in [5.74, 6) is -6.73. The summed E-state index contributed by atoms with van der Waals surface area (Å²) in [4.78, 5) is 0.